The van der Waals surface area contributed by atoms with Crippen LogP contribution in [-0.2, 0) is 0 Å². The number of pyridine rings is 1. The highest BCUT2D eigenvalue weighted by Crippen LogP contribution is 2.23. The number of nitrogens with two attached hydrogens (primary N) is 1. The van der Waals surface area contributed by atoms with Gasteiger partial charge >= 0.3 is 0 Å². The van der Waals surface area contributed by atoms with Crippen LogP contribution in [0.4, 0.5) is 5.82 Å². The summed E-state index contributed by atoms with van der Waals surface area (Å²) in [5.41, 5.74) is 6.20. The van der Waals surface area contributed by atoms with Gasteiger partial charge in [-0.2, -0.15) is 0 Å². The summed E-state index contributed by atoms with van der Waals surface area (Å²) in [6, 6.07) is 3.35. The molecule has 0 aromatic carbocycles. The van der Waals surface area contributed by atoms with Crippen LogP contribution in [0.3, 0.4) is 0 Å². The predicted molar refractivity (Wildman–Crippen MR) is 62.9 cm³/mol. The highest BCUT2D eigenvalue weighted by Gasteiger charge is 2.29. The van der Waals surface area contributed by atoms with Crippen molar-refractivity contribution in [1.29, 1.82) is 0 Å². The van der Waals surface area contributed by atoms with E-state index >= 15 is 0 Å². The third-order valence-corrected chi connectivity index (χ3v) is 3.30. The molecular formula is C12H17N3O. The van der Waals surface area contributed by atoms with Gasteiger partial charge in [0.05, 0.1) is 0 Å². The van der Waals surface area contributed by atoms with Gasteiger partial charge in [0.25, 0.3) is 5.91 Å². The maximum atomic E-state index is 12.1. The summed E-state index contributed by atoms with van der Waals surface area (Å²) in [7, 11) is 0. The van der Waals surface area contributed by atoms with E-state index in [0.717, 1.165) is 13.1 Å². The van der Waals surface area contributed by atoms with Gasteiger partial charge in [-0.3, -0.25) is 4.79 Å². The molecule has 1 amide bonds. The Bertz CT molecular complexity index is 395. The Kier molecular flexibility index (Phi) is 2.81. The molecule has 16 heavy (non-hydrogen) atoms. The zero-order chi connectivity index (χ0) is 11.7. The first kappa shape index (κ1) is 10.9. The van der Waals surface area contributed by atoms with E-state index in [9.17, 15) is 4.79 Å². The molecular weight excluding hydrogens is 202 g/mol. The monoisotopic (exact) mass is 219 g/mol. The number of carbonyl (C=O) groups excluding carboxylic acids is 1. The van der Waals surface area contributed by atoms with Gasteiger partial charge in [-0.1, -0.05) is 13.8 Å². The van der Waals surface area contributed by atoms with E-state index in [1.54, 1.807) is 18.3 Å². The van der Waals surface area contributed by atoms with Crippen LogP contribution in [-0.4, -0.2) is 28.9 Å². The topological polar surface area (TPSA) is 59.2 Å². The first-order chi connectivity index (χ1) is 7.58. The van der Waals surface area contributed by atoms with E-state index in [4.69, 9.17) is 5.73 Å². The molecule has 86 valence electrons. The van der Waals surface area contributed by atoms with E-state index in [-0.39, 0.29) is 5.91 Å². The van der Waals surface area contributed by atoms with Crippen LogP contribution in [0.1, 0.15) is 24.2 Å². The summed E-state index contributed by atoms with van der Waals surface area (Å²) in [6.45, 7) is 6.03. The Hall–Kier alpha value is -1.58. The average molecular weight is 219 g/mol. The quantitative estimate of drug-likeness (QED) is 0.776. The number of amides is 1. The zero-order valence-corrected chi connectivity index (χ0v) is 9.68. The van der Waals surface area contributed by atoms with Crippen LogP contribution in [0.25, 0.3) is 0 Å². The summed E-state index contributed by atoms with van der Waals surface area (Å²) in [5, 5.41) is 0. The van der Waals surface area contributed by atoms with Crippen LogP contribution >= 0.6 is 0 Å². The smallest absolute Gasteiger partial charge is 0.254 e. The van der Waals surface area contributed by atoms with Crippen molar-refractivity contribution in [1.82, 2.24) is 9.88 Å². The Balaban J connectivity index is 2.14. The van der Waals surface area contributed by atoms with Gasteiger partial charge < -0.3 is 10.6 Å². The first-order valence-electron chi connectivity index (χ1n) is 5.58. The molecule has 1 aliphatic heterocycles. The normalized spacial score (nSPS) is 24.8. The standard InChI is InChI=1S/C12H17N3O/c1-8-6-15(7-9(8)2)12(16)10-3-4-14-11(13)5-10/h3-5,8-9H,6-7H2,1-2H3,(H2,13,14). The molecule has 4 heteroatoms. The van der Waals surface area contributed by atoms with Gasteiger partial charge in [-0.15, -0.1) is 0 Å². The number of rotatable bonds is 1. The van der Waals surface area contributed by atoms with Crippen molar-refractivity contribution in [2.75, 3.05) is 18.8 Å². The van der Waals surface area contributed by atoms with E-state index in [2.05, 4.69) is 18.8 Å². The molecule has 1 aromatic rings. The second-order valence-electron chi connectivity index (χ2n) is 4.63. The molecule has 0 bridgehead atoms. The molecule has 0 saturated carbocycles. The van der Waals surface area contributed by atoms with E-state index in [1.807, 2.05) is 4.90 Å². The van der Waals surface area contributed by atoms with Gasteiger partial charge in [0.15, 0.2) is 0 Å². The number of aromatic nitrogens is 1. The maximum absolute atomic E-state index is 12.1. The lowest BCUT2D eigenvalue weighted by atomic mass is 10.0. The van der Waals surface area contributed by atoms with Gasteiger partial charge in [-0.25, -0.2) is 4.98 Å². The Morgan fingerprint density at radius 1 is 1.44 bits per heavy atom. The number of hydrogen-bond donors (Lipinski definition) is 1. The van der Waals surface area contributed by atoms with Crippen molar-refractivity contribution < 1.29 is 4.79 Å². The van der Waals surface area contributed by atoms with Crippen LogP contribution in [0.5, 0.6) is 0 Å². The molecule has 2 unspecified atom stereocenters. The molecule has 0 spiro atoms. The second-order valence-corrected chi connectivity index (χ2v) is 4.63. The minimum Gasteiger partial charge on any atom is -0.384 e. The third kappa shape index (κ3) is 2.01. The molecule has 4 nitrogen and oxygen atoms in total. The average Bonchev–Trinajstić information content (AvgIpc) is 2.58. The molecule has 2 N–H and O–H groups in total. The number of nitrogens with zero attached hydrogens (tertiary/aromatic N) is 2. The molecule has 2 atom stereocenters. The van der Waals surface area contributed by atoms with Crippen LogP contribution in [0.2, 0.25) is 0 Å². The van der Waals surface area contributed by atoms with Gasteiger partial charge in [0, 0.05) is 24.8 Å². The van der Waals surface area contributed by atoms with Crippen molar-refractivity contribution in [3.63, 3.8) is 0 Å². The van der Waals surface area contributed by atoms with Crippen molar-refractivity contribution in [2.45, 2.75) is 13.8 Å². The Morgan fingerprint density at radius 3 is 2.62 bits per heavy atom. The Labute approximate surface area is 95.5 Å². The summed E-state index contributed by atoms with van der Waals surface area (Å²) in [6.07, 6.45) is 1.57. The number of nitrogen functional groups attached to an aromatic ring is 1. The van der Waals surface area contributed by atoms with E-state index in [1.165, 1.54) is 0 Å². The SMILES string of the molecule is CC1CN(C(=O)c2ccnc(N)c2)CC1C. The van der Waals surface area contributed by atoms with Gasteiger partial charge in [0.1, 0.15) is 5.82 Å². The number of anilines is 1. The molecule has 1 saturated heterocycles. The van der Waals surface area contributed by atoms with Crippen molar-refractivity contribution in [3.05, 3.63) is 23.9 Å². The first-order valence-corrected chi connectivity index (χ1v) is 5.58. The maximum Gasteiger partial charge on any atom is 0.254 e. The highest BCUT2D eigenvalue weighted by molar-refractivity contribution is 5.94. The lowest BCUT2D eigenvalue weighted by Gasteiger charge is -2.15. The predicted octanol–water partition coefficient (Wildman–Crippen LogP) is 1.39. The summed E-state index contributed by atoms with van der Waals surface area (Å²) < 4.78 is 0. The highest BCUT2D eigenvalue weighted by atomic mass is 16.2. The number of likely N-dealkylation sites (tertiary alicyclic amines) is 1. The van der Waals surface area contributed by atoms with E-state index < -0.39 is 0 Å². The fourth-order valence-electron chi connectivity index (χ4n) is 2.06. The zero-order valence-electron chi connectivity index (χ0n) is 9.68. The molecule has 1 fully saturated rings. The second kappa shape index (κ2) is 4.12. The summed E-state index contributed by atoms with van der Waals surface area (Å²) in [4.78, 5) is 17.9. The Morgan fingerprint density at radius 2 is 2.06 bits per heavy atom. The summed E-state index contributed by atoms with van der Waals surface area (Å²) in [5.74, 6) is 1.60. The van der Waals surface area contributed by atoms with Crippen molar-refractivity contribution in [2.24, 2.45) is 11.8 Å². The molecule has 1 aliphatic rings. The fraction of sp³-hybridized carbons (Fsp3) is 0.500. The van der Waals surface area contributed by atoms with Gasteiger partial charge in [0.2, 0.25) is 0 Å². The molecule has 1 aromatic heterocycles. The lowest BCUT2D eigenvalue weighted by Crippen LogP contribution is -2.28. The molecule has 0 radical (unpaired) electrons. The number of carbonyl (C=O) groups is 1. The largest absolute Gasteiger partial charge is 0.384 e. The minimum atomic E-state index is 0.0605. The van der Waals surface area contributed by atoms with Crippen LogP contribution in [0.15, 0.2) is 18.3 Å². The lowest BCUT2D eigenvalue weighted by molar-refractivity contribution is 0.0785. The number of hydrogen-bond acceptors (Lipinski definition) is 3. The van der Waals surface area contributed by atoms with Crippen LogP contribution in [0, 0.1) is 11.8 Å². The van der Waals surface area contributed by atoms with Crippen molar-refractivity contribution >= 4 is 11.7 Å². The van der Waals surface area contributed by atoms with Crippen molar-refractivity contribution in [3.8, 4) is 0 Å². The van der Waals surface area contributed by atoms with Crippen LogP contribution < -0.4 is 5.73 Å². The third-order valence-electron chi connectivity index (χ3n) is 3.30. The van der Waals surface area contributed by atoms with E-state index in [0.29, 0.717) is 23.2 Å². The minimum absolute atomic E-state index is 0.0605. The fourth-order valence-corrected chi connectivity index (χ4v) is 2.06. The summed E-state index contributed by atoms with van der Waals surface area (Å²) >= 11 is 0. The van der Waals surface area contributed by atoms with Gasteiger partial charge in [-0.05, 0) is 24.0 Å². The molecule has 0 aliphatic carbocycles. The molecule has 2 rings (SSSR count). The molecule has 2 heterocycles.